The molecule has 92 valence electrons. The Hall–Kier alpha value is -1.07. The SMILES string of the molecule is C[C@@H]1COCCN1C(=O)c1ccc(Br)c(N)c1. The molecule has 1 aromatic carbocycles. The number of nitrogens with zero attached hydrogens (tertiary/aromatic N) is 1. The van der Waals surface area contributed by atoms with Crippen molar-refractivity contribution in [2.45, 2.75) is 13.0 Å². The first-order chi connectivity index (χ1) is 8.09. The molecule has 0 unspecified atom stereocenters. The third kappa shape index (κ3) is 2.61. The van der Waals surface area contributed by atoms with Gasteiger partial charge in [-0.25, -0.2) is 0 Å². The molecule has 2 N–H and O–H groups in total. The summed E-state index contributed by atoms with van der Waals surface area (Å²) in [5.74, 6) is 0.0139. The number of morpholine rings is 1. The van der Waals surface area contributed by atoms with Crippen molar-refractivity contribution in [2.75, 3.05) is 25.5 Å². The van der Waals surface area contributed by atoms with E-state index in [1.807, 2.05) is 11.8 Å². The van der Waals surface area contributed by atoms with E-state index in [-0.39, 0.29) is 11.9 Å². The molecular weight excluding hydrogens is 284 g/mol. The Kier molecular flexibility index (Phi) is 3.69. The van der Waals surface area contributed by atoms with Crippen molar-refractivity contribution in [3.63, 3.8) is 0 Å². The fraction of sp³-hybridized carbons (Fsp3) is 0.417. The molecule has 0 aliphatic carbocycles. The fourth-order valence-corrected chi connectivity index (χ4v) is 2.12. The Morgan fingerprint density at radius 2 is 2.35 bits per heavy atom. The van der Waals surface area contributed by atoms with Gasteiger partial charge in [0.2, 0.25) is 0 Å². The normalized spacial score (nSPS) is 20.4. The Balaban J connectivity index is 2.21. The molecule has 1 heterocycles. The molecule has 0 radical (unpaired) electrons. The van der Waals surface area contributed by atoms with E-state index in [2.05, 4.69) is 15.9 Å². The van der Waals surface area contributed by atoms with E-state index in [9.17, 15) is 4.79 Å². The van der Waals surface area contributed by atoms with Crippen molar-refractivity contribution < 1.29 is 9.53 Å². The van der Waals surface area contributed by atoms with E-state index in [1.54, 1.807) is 18.2 Å². The van der Waals surface area contributed by atoms with Crippen molar-refractivity contribution in [3.05, 3.63) is 28.2 Å². The standard InChI is InChI=1S/C12H15BrN2O2/c1-8-7-17-5-4-15(8)12(16)9-2-3-10(13)11(14)6-9/h2-3,6,8H,4-5,7,14H2,1H3/t8-/m1/s1. The third-order valence-corrected chi connectivity index (χ3v) is 3.59. The molecule has 5 heteroatoms. The average molecular weight is 299 g/mol. The van der Waals surface area contributed by atoms with Crippen LogP contribution >= 0.6 is 15.9 Å². The van der Waals surface area contributed by atoms with Crippen molar-refractivity contribution in [1.29, 1.82) is 0 Å². The molecule has 4 nitrogen and oxygen atoms in total. The molecule has 1 aliphatic heterocycles. The van der Waals surface area contributed by atoms with E-state index < -0.39 is 0 Å². The lowest BCUT2D eigenvalue weighted by atomic mass is 10.1. The van der Waals surface area contributed by atoms with Crippen LogP contribution in [0.5, 0.6) is 0 Å². The Bertz CT molecular complexity index is 437. The lowest BCUT2D eigenvalue weighted by Crippen LogP contribution is -2.47. The number of benzene rings is 1. The molecule has 0 aromatic heterocycles. The molecule has 1 saturated heterocycles. The minimum Gasteiger partial charge on any atom is -0.398 e. The van der Waals surface area contributed by atoms with Gasteiger partial charge >= 0.3 is 0 Å². The summed E-state index contributed by atoms with van der Waals surface area (Å²) < 4.78 is 6.12. The highest BCUT2D eigenvalue weighted by molar-refractivity contribution is 9.10. The molecule has 0 spiro atoms. The Morgan fingerprint density at radius 3 is 3.00 bits per heavy atom. The van der Waals surface area contributed by atoms with Gasteiger partial charge in [0.15, 0.2) is 0 Å². The van der Waals surface area contributed by atoms with Gasteiger partial charge in [-0.1, -0.05) is 0 Å². The van der Waals surface area contributed by atoms with Gasteiger partial charge in [0, 0.05) is 22.3 Å². The van der Waals surface area contributed by atoms with E-state index in [0.29, 0.717) is 31.0 Å². The van der Waals surface area contributed by atoms with Gasteiger partial charge in [-0.3, -0.25) is 4.79 Å². The predicted octanol–water partition coefficient (Wildman–Crippen LogP) is 1.89. The molecule has 1 amide bonds. The number of hydrogen-bond donors (Lipinski definition) is 1. The van der Waals surface area contributed by atoms with Crippen molar-refractivity contribution in [1.82, 2.24) is 4.90 Å². The van der Waals surface area contributed by atoms with Crippen LogP contribution in [-0.4, -0.2) is 36.6 Å². The van der Waals surface area contributed by atoms with Gasteiger partial charge in [-0.15, -0.1) is 0 Å². The first kappa shape index (κ1) is 12.4. The molecular formula is C12H15BrN2O2. The van der Waals surface area contributed by atoms with Crippen molar-refractivity contribution >= 4 is 27.5 Å². The molecule has 0 bridgehead atoms. The van der Waals surface area contributed by atoms with Gasteiger partial charge < -0.3 is 15.4 Å². The lowest BCUT2D eigenvalue weighted by molar-refractivity contribution is 0.00360. The number of carbonyl (C=O) groups excluding carboxylic acids is 1. The number of anilines is 1. The van der Waals surface area contributed by atoms with Crippen molar-refractivity contribution in [2.24, 2.45) is 0 Å². The molecule has 1 aliphatic rings. The van der Waals surface area contributed by atoms with E-state index in [0.717, 1.165) is 4.47 Å². The van der Waals surface area contributed by atoms with E-state index in [1.165, 1.54) is 0 Å². The van der Waals surface area contributed by atoms with Gasteiger partial charge in [-0.05, 0) is 41.1 Å². The largest absolute Gasteiger partial charge is 0.398 e. The zero-order chi connectivity index (χ0) is 12.4. The van der Waals surface area contributed by atoms with Crippen molar-refractivity contribution in [3.8, 4) is 0 Å². The maximum atomic E-state index is 12.3. The quantitative estimate of drug-likeness (QED) is 0.806. The van der Waals surface area contributed by atoms with Crippen LogP contribution in [0.4, 0.5) is 5.69 Å². The summed E-state index contributed by atoms with van der Waals surface area (Å²) in [5.41, 5.74) is 6.99. The predicted molar refractivity (Wildman–Crippen MR) is 69.9 cm³/mol. The van der Waals surface area contributed by atoms with E-state index in [4.69, 9.17) is 10.5 Å². The van der Waals surface area contributed by atoms with Crippen LogP contribution in [0, 0.1) is 0 Å². The van der Waals surface area contributed by atoms with Crippen LogP contribution in [0.1, 0.15) is 17.3 Å². The van der Waals surface area contributed by atoms with Crippen LogP contribution in [-0.2, 0) is 4.74 Å². The summed E-state index contributed by atoms with van der Waals surface area (Å²) >= 11 is 3.32. The van der Waals surface area contributed by atoms with Gasteiger partial charge in [0.05, 0.1) is 19.3 Å². The zero-order valence-corrected chi connectivity index (χ0v) is 11.2. The number of nitrogens with two attached hydrogens (primary N) is 1. The second kappa shape index (κ2) is 5.06. The van der Waals surface area contributed by atoms with Crippen LogP contribution in [0.2, 0.25) is 0 Å². The molecule has 17 heavy (non-hydrogen) atoms. The Morgan fingerprint density at radius 1 is 1.59 bits per heavy atom. The smallest absolute Gasteiger partial charge is 0.254 e. The number of amides is 1. The topological polar surface area (TPSA) is 55.6 Å². The number of rotatable bonds is 1. The number of halogens is 1. The number of ether oxygens (including phenoxy) is 1. The first-order valence-corrected chi connectivity index (χ1v) is 6.32. The van der Waals surface area contributed by atoms with Crippen LogP contribution < -0.4 is 5.73 Å². The second-order valence-electron chi connectivity index (χ2n) is 4.16. The molecule has 1 atom stereocenters. The van der Waals surface area contributed by atoms with Gasteiger partial charge in [0.25, 0.3) is 5.91 Å². The molecule has 2 rings (SSSR count). The highest BCUT2D eigenvalue weighted by atomic mass is 79.9. The zero-order valence-electron chi connectivity index (χ0n) is 9.65. The molecule has 1 fully saturated rings. The summed E-state index contributed by atoms with van der Waals surface area (Å²) in [7, 11) is 0. The molecule has 0 saturated carbocycles. The summed E-state index contributed by atoms with van der Waals surface area (Å²) in [6.45, 7) is 3.81. The number of carbonyl (C=O) groups is 1. The summed E-state index contributed by atoms with van der Waals surface area (Å²) in [4.78, 5) is 14.1. The lowest BCUT2D eigenvalue weighted by Gasteiger charge is -2.33. The average Bonchev–Trinajstić information content (AvgIpc) is 2.32. The minimum absolute atomic E-state index is 0.0139. The van der Waals surface area contributed by atoms with Crippen LogP contribution in [0.25, 0.3) is 0 Å². The number of nitrogen functional groups attached to an aromatic ring is 1. The van der Waals surface area contributed by atoms with Gasteiger partial charge in [-0.2, -0.15) is 0 Å². The number of hydrogen-bond acceptors (Lipinski definition) is 3. The highest BCUT2D eigenvalue weighted by Crippen LogP contribution is 2.22. The summed E-state index contributed by atoms with van der Waals surface area (Å²) in [6, 6.07) is 5.40. The first-order valence-electron chi connectivity index (χ1n) is 5.53. The summed E-state index contributed by atoms with van der Waals surface area (Å²) in [6.07, 6.45) is 0. The summed E-state index contributed by atoms with van der Waals surface area (Å²) in [5, 5.41) is 0. The maximum absolute atomic E-state index is 12.3. The monoisotopic (exact) mass is 298 g/mol. The van der Waals surface area contributed by atoms with Crippen LogP contribution in [0.15, 0.2) is 22.7 Å². The second-order valence-corrected chi connectivity index (χ2v) is 5.01. The fourth-order valence-electron chi connectivity index (χ4n) is 1.87. The highest BCUT2D eigenvalue weighted by Gasteiger charge is 2.24. The molecule has 1 aromatic rings. The van der Waals surface area contributed by atoms with Crippen LogP contribution in [0.3, 0.4) is 0 Å². The van der Waals surface area contributed by atoms with Gasteiger partial charge in [0.1, 0.15) is 0 Å². The Labute approximate surface area is 109 Å². The minimum atomic E-state index is 0.0139. The maximum Gasteiger partial charge on any atom is 0.254 e. The van der Waals surface area contributed by atoms with E-state index >= 15 is 0 Å². The third-order valence-electron chi connectivity index (χ3n) is 2.87.